The lowest BCUT2D eigenvalue weighted by Gasteiger charge is -2.73. The van der Waals surface area contributed by atoms with Crippen LogP contribution in [0.15, 0.2) is 11.6 Å². The standard InChI is InChI=1S/C54H94O16/c1-49(2)25-32-31-19-20-36-50(3)23-22-37(51(4,29-57-9)35(50)21-24-52(36,5)53(31,6)26-38(59-11)54(32,30-58-10)46(66-18)45(49)65-17)69-48-44(42(63-15)40(61-13)34(68-48)28-56-8)70-47-43(64-16)41(62-14)39(60-12)33(67-47)27-55-7/h19,32-48H,20-30H2,1-18H3/t32-,33+,34+,35?,36+,37-,38+,39-,40+,41-,42-,43+,44+,45-,46-,47-,48-,50-,51-,52+,53+,54-/m0/s1. The first-order valence-electron chi connectivity index (χ1n) is 25.9. The molecule has 1 unspecified atom stereocenters. The highest BCUT2D eigenvalue weighted by molar-refractivity contribution is 5.37. The summed E-state index contributed by atoms with van der Waals surface area (Å²) in [6.45, 7) is 16.4. The van der Waals surface area contributed by atoms with E-state index in [-0.39, 0.29) is 71.1 Å². The van der Waals surface area contributed by atoms with E-state index in [0.717, 1.165) is 44.9 Å². The molecule has 0 aromatic heterocycles. The molecular formula is C54H94O16. The van der Waals surface area contributed by atoms with E-state index in [1.165, 1.54) is 0 Å². The van der Waals surface area contributed by atoms with Gasteiger partial charge in [-0.2, -0.15) is 0 Å². The Bertz CT molecular complexity index is 1740. The van der Waals surface area contributed by atoms with E-state index in [0.29, 0.717) is 19.1 Å². The Labute approximate surface area is 420 Å². The summed E-state index contributed by atoms with van der Waals surface area (Å²) in [4.78, 5) is 0. The lowest BCUT2D eigenvalue weighted by molar-refractivity contribution is -0.385. The van der Waals surface area contributed by atoms with Gasteiger partial charge in [0.15, 0.2) is 12.6 Å². The van der Waals surface area contributed by atoms with Crippen molar-refractivity contribution in [1.29, 1.82) is 0 Å². The van der Waals surface area contributed by atoms with Crippen LogP contribution in [0.2, 0.25) is 0 Å². The first kappa shape index (κ1) is 56.8. The lowest BCUT2D eigenvalue weighted by atomic mass is 9.33. The minimum atomic E-state index is -0.935. The van der Waals surface area contributed by atoms with E-state index in [1.807, 2.05) is 35.5 Å². The molecule has 5 aliphatic carbocycles. The zero-order chi connectivity index (χ0) is 51.2. The Morgan fingerprint density at radius 3 is 1.59 bits per heavy atom. The fourth-order valence-electron chi connectivity index (χ4n) is 17.0. The zero-order valence-corrected chi connectivity index (χ0v) is 46.2. The lowest BCUT2D eigenvalue weighted by Crippen LogP contribution is -2.72. The summed E-state index contributed by atoms with van der Waals surface area (Å²) in [6.07, 6.45) is 2.06. The fourth-order valence-corrected chi connectivity index (χ4v) is 17.0. The molecule has 0 spiro atoms. The van der Waals surface area contributed by atoms with Crippen molar-refractivity contribution in [1.82, 2.24) is 0 Å². The molecule has 0 radical (unpaired) electrons. The van der Waals surface area contributed by atoms with Gasteiger partial charge in [0, 0.05) is 90.7 Å². The zero-order valence-electron chi connectivity index (χ0n) is 46.2. The maximum atomic E-state index is 7.48. The predicted molar refractivity (Wildman–Crippen MR) is 260 cm³/mol. The van der Waals surface area contributed by atoms with Crippen LogP contribution in [0, 0.1) is 50.2 Å². The Balaban J connectivity index is 1.24. The van der Waals surface area contributed by atoms with Gasteiger partial charge in [-0.05, 0) is 84.4 Å². The van der Waals surface area contributed by atoms with Gasteiger partial charge < -0.3 is 75.8 Å². The summed E-state index contributed by atoms with van der Waals surface area (Å²) in [5.74, 6) is 0.857. The third-order valence-corrected chi connectivity index (χ3v) is 20.2. The first-order chi connectivity index (χ1) is 33.4. The van der Waals surface area contributed by atoms with Crippen molar-refractivity contribution < 1.29 is 75.8 Å². The fraction of sp³-hybridized carbons (Fsp3) is 0.963. The van der Waals surface area contributed by atoms with Crippen molar-refractivity contribution in [2.24, 2.45) is 50.2 Å². The van der Waals surface area contributed by atoms with Crippen LogP contribution in [0.3, 0.4) is 0 Å². The molecule has 70 heavy (non-hydrogen) atoms. The molecule has 2 heterocycles. The average Bonchev–Trinajstić information content (AvgIpc) is 3.32. The summed E-state index contributed by atoms with van der Waals surface area (Å²) in [5.41, 5.74) is 0.406. The smallest absolute Gasteiger partial charge is 0.187 e. The highest BCUT2D eigenvalue weighted by Crippen LogP contribution is 2.76. The average molecular weight is 999 g/mol. The van der Waals surface area contributed by atoms with Gasteiger partial charge >= 0.3 is 0 Å². The molecule has 0 aromatic carbocycles. The molecule has 7 aliphatic rings. The number of methoxy groups -OCH3 is 12. The van der Waals surface area contributed by atoms with Crippen LogP contribution in [0.25, 0.3) is 0 Å². The maximum Gasteiger partial charge on any atom is 0.187 e. The van der Waals surface area contributed by atoms with E-state index in [4.69, 9.17) is 75.8 Å². The Kier molecular flexibility index (Phi) is 18.1. The van der Waals surface area contributed by atoms with Gasteiger partial charge in [-0.1, -0.05) is 53.2 Å². The van der Waals surface area contributed by atoms with Gasteiger partial charge in [0.2, 0.25) is 0 Å². The molecule has 16 nitrogen and oxygen atoms in total. The molecule has 2 aliphatic heterocycles. The van der Waals surface area contributed by atoms with Gasteiger partial charge in [-0.3, -0.25) is 0 Å². The molecule has 7 rings (SSSR count). The van der Waals surface area contributed by atoms with Gasteiger partial charge in [0.1, 0.15) is 48.8 Å². The molecule has 6 fully saturated rings. The van der Waals surface area contributed by atoms with Crippen LogP contribution in [0.5, 0.6) is 0 Å². The van der Waals surface area contributed by atoms with E-state index < -0.39 is 72.2 Å². The third-order valence-electron chi connectivity index (χ3n) is 20.2. The Morgan fingerprint density at radius 2 is 1.07 bits per heavy atom. The summed E-state index contributed by atoms with van der Waals surface area (Å²) in [7, 11) is 20.6. The van der Waals surface area contributed by atoms with Crippen LogP contribution < -0.4 is 0 Å². The third kappa shape index (κ3) is 8.94. The monoisotopic (exact) mass is 999 g/mol. The SMILES string of the molecule is COC[C@H]1O[C@@H](O[C@H]2[C@H](O[C@H]3CC[C@@]4(C)C(CC[C@]5(C)[C@@H]4CC=C4[C@@H]6CC(C)(C)[C@@H](OC)[C@H](OC)[C@]6(COC)[C@H](OC)C[C@]45C)[C@]3(C)COC)O[C@H](COC)[C@@H](OC)[C@@H]2OC)[C@H](OC)[C@@H](OC)[C@H]1OC. The van der Waals surface area contributed by atoms with E-state index in [9.17, 15) is 0 Å². The molecule has 22 atom stereocenters. The van der Waals surface area contributed by atoms with Crippen molar-refractivity contribution in [3.63, 3.8) is 0 Å². The number of hydrogen-bond acceptors (Lipinski definition) is 16. The largest absolute Gasteiger partial charge is 0.384 e. The molecule has 0 amide bonds. The van der Waals surface area contributed by atoms with E-state index in [1.54, 1.807) is 55.3 Å². The predicted octanol–water partition coefficient (Wildman–Crippen LogP) is 6.52. The molecule has 0 N–H and O–H groups in total. The quantitative estimate of drug-likeness (QED) is 0.0962. The van der Waals surface area contributed by atoms with E-state index >= 15 is 0 Å². The minimum absolute atomic E-state index is 0.0229. The molecule has 2 saturated heterocycles. The molecular weight excluding hydrogens is 905 g/mol. The highest BCUT2D eigenvalue weighted by Gasteiger charge is 2.73. The summed E-state index contributed by atoms with van der Waals surface area (Å²) >= 11 is 0. The second-order valence-corrected chi connectivity index (χ2v) is 23.5. The van der Waals surface area contributed by atoms with Gasteiger partial charge in [0.05, 0.1) is 56.3 Å². The van der Waals surface area contributed by atoms with Crippen molar-refractivity contribution in [2.75, 3.05) is 112 Å². The van der Waals surface area contributed by atoms with Crippen molar-refractivity contribution in [3.8, 4) is 0 Å². The van der Waals surface area contributed by atoms with Crippen LogP contribution in [0.4, 0.5) is 0 Å². The van der Waals surface area contributed by atoms with Crippen LogP contribution in [-0.2, 0) is 75.8 Å². The van der Waals surface area contributed by atoms with Gasteiger partial charge in [-0.15, -0.1) is 0 Å². The molecule has 0 aromatic rings. The van der Waals surface area contributed by atoms with Crippen molar-refractivity contribution in [2.45, 2.75) is 172 Å². The van der Waals surface area contributed by atoms with Crippen LogP contribution >= 0.6 is 0 Å². The van der Waals surface area contributed by atoms with Crippen molar-refractivity contribution in [3.05, 3.63) is 11.6 Å². The van der Waals surface area contributed by atoms with Crippen LogP contribution in [0.1, 0.15) is 86.5 Å². The normalized spacial score (nSPS) is 49.0. The topological polar surface area (TPSA) is 148 Å². The first-order valence-corrected chi connectivity index (χ1v) is 25.9. The second-order valence-electron chi connectivity index (χ2n) is 23.5. The van der Waals surface area contributed by atoms with Gasteiger partial charge in [0.25, 0.3) is 0 Å². The number of ether oxygens (including phenoxy) is 16. The molecule has 0 bridgehead atoms. The highest BCUT2D eigenvalue weighted by atomic mass is 16.8. The maximum absolute atomic E-state index is 7.48. The second kappa shape index (κ2) is 22.4. The summed E-state index contributed by atoms with van der Waals surface area (Å²) in [6, 6.07) is 0. The molecule has 406 valence electrons. The summed E-state index contributed by atoms with van der Waals surface area (Å²) < 4.78 is 102. The Hall–Kier alpha value is -0.900. The van der Waals surface area contributed by atoms with Gasteiger partial charge in [-0.25, -0.2) is 0 Å². The Morgan fingerprint density at radius 1 is 0.514 bits per heavy atom. The van der Waals surface area contributed by atoms with Crippen molar-refractivity contribution >= 4 is 0 Å². The van der Waals surface area contributed by atoms with Crippen LogP contribution in [-0.4, -0.2) is 198 Å². The molecule has 4 saturated carbocycles. The molecule has 16 heteroatoms. The summed E-state index contributed by atoms with van der Waals surface area (Å²) in [5, 5.41) is 0. The number of allylic oxidation sites excluding steroid dienone is 2. The number of rotatable bonds is 20. The minimum Gasteiger partial charge on any atom is -0.384 e. The number of hydrogen-bond donors (Lipinski definition) is 0. The van der Waals surface area contributed by atoms with E-state index in [2.05, 4.69) is 47.6 Å². The number of fused-ring (bicyclic) bond motifs is 7.